The van der Waals surface area contributed by atoms with E-state index in [1.807, 2.05) is 23.1 Å². The van der Waals surface area contributed by atoms with Crippen molar-refractivity contribution >= 4 is 11.9 Å². The summed E-state index contributed by atoms with van der Waals surface area (Å²) in [5.74, 6) is 0.0861. The van der Waals surface area contributed by atoms with Gasteiger partial charge in [-0.25, -0.2) is 0 Å². The van der Waals surface area contributed by atoms with Crippen molar-refractivity contribution in [2.75, 3.05) is 13.1 Å². The van der Waals surface area contributed by atoms with Gasteiger partial charge in [-0.15, -0.1) is 0 Å². The predicted molar refractivity (Wildman–Crippen MR) is 73.5 cm³/mol. The molecule has 0 bridgehead atoms. The molecular formula is C13H19N5. The lowest BCUT2D eigenvalue weighted by Gasteiger charge is -2.25. The molecule has 1 aromatic carbocycles. The lowest BCUT2D eigenvalue weighted by Crippen LogP contribution is -2.34. The maximum Gasteiger partial charge on any atom is 0.221 e. The van der Waals surface area contributed by atoms with Crippen LogP contribution in [0.1, 0.15) is 18.9 Å². The molecule has 0 saturated carbocycles. The highest BCUT2D eigenvalue weighted by Gasteiger charge is 2.36. The van der Waals surface area contributed by atoms with Crippen molar-refractivity contribution in [3.05, 3.63) is 35.9 Å². The van der Waals surface area contributed by atoms with E-state index in [0.717, 1.165) is 19.5 Å². The molecule has 1 heterocycles. The Kier molecular flexibility index (Phi) is 3.23. The minimum atomic E-state index is -0.0617. The van der Waals surface area contributed by atoms with Gasteiger partial charge in [-0.1, -0.05) is 37.3 Å². The van der Waals surface area contributed by atoms with Crippen LogP contribution >= 0.6 is 0 Å². The molecule has 1 saturated heterocycles. The maximum atomic E-state index is 7.83. The van der Waals surface area contributed by atoms with Crippen LogP contribution in [0.3, 0.4) is 0 Å². The summed E-state index contributed by atoms with van der Waals surface area (Å²) in [5, 5.41) is 7.83. The van der Waals surface area contributed by atoms with Gasteiger partial charge in [0.25, 0.3) is 0 Å². The number of benzene rings is 1. The van der Waals surface area contributed by atoms with Gasteiger partial charge < -0.3 is 16.4 Å². The van der Waals surface area contributed by atoms with E-state index in [-0.39, 0.29) is 17.3 Å². The molecule has 5 heteroatoms. The van der Waals surface area contributed by atoms with Crippen LogP contribution < -0.4 is 11.5 Å². The number of hydrogen-bond acceptors (Lipinski definition) is 1. The summed E-state index contributed by atoms with van der Waals surface area (Å²) < 4.78 is 0. The molecular weight excluding hydrogens is 226 g/mol. The van der Waals surface area contributed by atoms with Gasteiger partial charge >= 0.3 is 0 Å². The standard InChI is InChI=1S/C13H19N5/c1-13(10-5-3-2-4-6-10)7-8-18(9-13)12(16)17-11(14)15/h2-6H,7-9H2,1H3,(H5,14,15,16,17). The Bertz CT molecular complexity index is 464. The van der Waals surface area contributed by atoms with E-state index < -0.39 is 0 Å². The number of rotatable bonds is 1. The van der Waals surface area contributed by atoms with Crippen molar-refractivity contribution in [3.8, 4) is 0 Å². The number of aliphatic imine (C=N–C) groups is 1. The molecule has 0 radical (unpaired) electrons. The third-order valence-corrected chi connectivity index (χ3v) is 3.48. The molecule has 1 aliphatic rings. The van der Waals surface area contributed by atoms with Crippen LogP contribution in [-0.4, -0.2) is 29.9 Å². The Balaban J connectivity index is 2.13. The largest absolute Gasteiger partial charge is 0.370 e. The van der Waals surface area contributed by atoms with Crippen molar-refractivity contribution in [1.82, 2.24) is 4.90 Å². The van der Waals surface area contributed by atoms with Crippen LogP contribution in [0.15, 0.2) is 35.3 Å². The zero-order valence-corrected chi connectivity index (χ0v) is 10.6. The monoisotopic (exact) mass is 245 g/mol. The van der Waals surface area contributed by atoms with E-state index in [0.29, 0.717) is 0 Å². The topological polar surface area (TPSA) is 91.5 Å². The second-order valence-corrected chi connectivity index (χ2v) is 4.96. The smallest absolute Gasteiger partial charge is 0.221 e. The first kappa shape index (κ1) is 12.4. The molecule has 1 aromatic rings. The van der Waals surface area contributed by atoms with Gasteiger partial charge in [0, 0.05) is 18.5 Å². The number of nitrogens with two attached hydrogens (primary N) is 2. The summed E-state index contributed by atoms with van der Waals surface area (Å²) in [6.07, 6.45) is 0.999. The van der Waals surface area contributed by atoms with Crippen molar-refractivity contribution in [2.45, 2.75) is 18.8 Å². The molecule has 5 N–H and O–H groups in total. The molecule has 2 rings (SSSR count). The van der Waals surface area contributed by atoms with Crippen LogP contribution in [0.25, 0.3) is 0 Å². The number of hydrogen-bond donors (Lipinski definition) is 3. The number of nitrogens with zero attached hydrogens (tertiary/aromatic N) is 2. The van der Waals surface area contributed by atoms with Crippen LogP contribution in [-0.2, 0) is 5.41 Å². The minimum absolute atomic E-state index is 0.0617. The zero-order chi connectivity index (χ0) is 13.2. The second-order valence-electron chi connectivity index (χ2n) is 4.96. The Morgan fingerprint density at radius 2 is 2.00 bits per heavy atom. The molecule has 1 fully saturated rings. The Labute approximate surface area is 107 Å². The highest BCUT2D eigenvalue weighted by Crippen LogP contribution is 2.33. The summed E-state index contributed by atoms with van der Waals surface area (Å²) in [6, 6.07) is 10.4. The molecule has 1 aliphatic heterocycles. The first-order valence-electron chi connectivity index (χ1n) is 6.00. The van der Waals surface area contributed by atoms with Gasteiger partial charge in [0.2, 0.25) is 5.96 Å². The lowest BCUT2D eigenvalue weighted by molar-refractivity contribution is 0.447. The molecule has 96 valence electrons. The number of guanidine groups is 2. The Morgan fingerprint density at radius 1 is 1.33 bits per heavy atom. The highest BCUT2D eigenvalue weighted by atomic mass is 15.3. The van der Waals surface area contributed by atoms with Gasteiger partial charge in [-0.05, 0) is 12.0 Å². The molecule has 0 amide bonds. The van der Waals surface area contributed by atoms with E-state index in [1.165, 1.54) is 5.56 Å². The van der Waals surface area contributed by atoms with E-state index in [1.54, 1.807) is 0 Å². The second kappa shape index (κ2) is 4.68. The van der Waals surface area contributed by atoms with Crippen molar-refractivity contribution in [1.29, 1.82) is 5.41 Å². The zero-order valence-electron chi connectivity index (χ0n) is 10.6. The SMILES string of the molecule is CC1(c2ccccc2)CCN(C(=N)N=C(N)N)C1. The van der Waals surface area contributed by atoms with E-state index in [2.05, 4.69) is 24.0 Å². The Hall–Kier alpha value is -2.04. The van der Waals surface area contributed by atoms with E-state index >= 15 is 0 Å². The molecule has 1 atom stereocenters. The van der Waals surface area contributed by atoms with Crippen molar-refractivity contribution in [2.24, 2.45) is 16.5 Å². The average Bonchev–Trinajstić information content (AvgIpc) is 2.74. The van der Waals surface area contributed by atoms with Gasteiger partial charge in [0.05, 0.1) is 0 Å². The van der Waals surface area contributed by atoms with E-state index in [4.69, 9.17) is 16.9 Å². The summed E-state index contributed by atoms with van der Waals surface area (Å²) in [7, 11) is 0. The fraction of sp³-hybridized carbons (Fsp3) is 0.385. The molecule has 18 heavy (non-hydrogen) atoms. The van der Waals surface area contributed by atoms with Crippen LogP contribution in [0.5, 0.6) is 0 Å². The fourth-order valence-corrected chi connectivity index (χ4v) is 2.41. The molecule has 1 unspecified atom stereocenters. The lowest BCUT2D eigenvalue weighted by atomic mass is 9.82. The normalized spacial score (nSPS) is 22.8. The Morgan fingerprint density at radius 3 is 2.61 bits per heavy atom. The third kappa shape index (κ3) is 2.45. The van der Waals surface area contributed by atoms with Gasteiger partial charge in [0.1, 0.15) is 0 Å². The number of nitrogens with one attached hydrogen (secondary N) is 1. The number of likely N-dealkylation sites (tertiary alicyclic amines) is 1. The molecule has 5 nitrogen and oxygen atoms in total. The first-order chi connectivity index (χ1) is 8.51. The molecule has 0 spiro atoms. The van der Waals surface area contributed by atoms with Gasteiger partial charge in [0.15, 0.2) is 5.96 Å². The maximum absolute atomic E-state index is 7.83. The van der Waals surface area contributed by atoms with Crippen LogP contribution in [0.4, 0.5) is 0 Å². The van der Waals surface area contributed by atoms with Gasteiger partial charge in [-0.2, -0.15) is 4.99 Å². The van der Waals surface area contributed by atoms with Crippen molar-refractivity contribution < 1.29 is 0 Å². The van der Waals surface area contributed by atoms with Crippen LogP contribution in [0, 0.1) is 5.41 Å². The molecule has 0 aliphatic carbocycles. The van der Waals surface area contributed by atoms with Gasteiger partial charge in [-0.3, -0.25) is 5.41 Å². The minimum Gasteiger partial charge on any atom is -0.370 e. The molecule has 0 aromatic heterocycles. The van der Waals surface area contributed by atoms with Crippen LogP contribution in [0.2, 0.25) is 0 Å². The average molecular weight is 245 g/mol. The summed E-state index contributed by atoms with van der Waals surface area (Å²) in [6.45, 7) is 3.79. The quantitative estimate of drug-likeness (QED) is 0.506. The highest BCUT2D eigenvalue weighted by molar-refractivity contribution is 5.91. The van der Waals surface area contributed by atoms with Crippen molar-refractivity contribution in [3.63, 3.8) is 0 Å². The predicted octanol–water partition coefficient (Wildman–Crippen LogP) is 0.858. The third-order valence-electron chi connectivity index (χ3n) is 3.48. The summed E-state index contributed by atoms with van der Waals surface area (Å²) >= 11 is 0. The summed E-state index contributed by atoms with van der Waals surface area (Å²) in [5.41, 5.74) is 12.0. The van der Waals surface area contributed by atoms with E-state index in [9.17, 15) is 0 Å². The first-order valence-corrected chi connectivity index (χ1v) is 6.00. The fourth-order valence-electron chi connectivity index (χ4n) is 2.41. The summed E-state index contributed by atoms with van der Waals surface area (Å²) in [4.78, 5) is 5.71.